The zero-order valence-electron chi connectivity index (χ0n) is 49.3. The summed E-state index contributed by atoms with van der Waals surface area (Å²) in [6, 6.07) is 52.3. The lowest BCUT2D eigenvalue weighted by Crippen LogP contribution is -2.61. The molecule has 0 bridgehead atoms. The summed E-state index contributed by atoms with van der Waals surface area (Å²) in [5.41, 5.74) is 27.2. The van der Waals surface area contributed by atoms with Gasteiger partial charge >= 0.3 is 0 Å². The number of benzene rings is 6. The normalized spacial score (nSPS) is 23.2. The minimum Gasteiger partial charge on any atom is -0.341 e. The molecule has 1 saturated carbocycles. The Hall–Kier alpha value is -7.50. The van der Waals surface area contributed by atoms with Gasteiger partial charge in [-0.3, -0.25) is 0 Å². The van der Waals surface area contributed by atoms with Crippen molar-refractivity contribution in [3.05, 3.63) is 245 Å². The molecule has 4 aliphatic heterocycles. The lowest BCUT2D eigenvalue weighted by molar-refractivity contribution is 0.444. The summed E-state index contributed by atoms with van der Waals surface area (Å²) in [5, 5.41) is 0. The first-order valence-electron chi connectivity index (χ1n) is 32.1. The maximum absolute atomic E-state index is 2.81. The minimum atomic E-state index is -0.239. The van der Waals surface area contributed by atoms with Crippen LogP contribution in [0.4, 0.5) is 45.5 Å². The number of hydrogen-bond donors (Lipinski definition) is 0. The van der Waals surface area contributed by atoms with Crippen LogP contribution in [0.25, 0.3) is 0 Å². The van der Waals surface area contributed by atoms with Gasteiger partial charge in [-0.2, -0.15) is 0 Å². The van der Waals surface area contributed by atoms with E-state index in [1.807, 2.05) is 0 Å². The fraction of sp³-hybridized carbons (Fsp3) is 0.333. The maximum atomic E-state index is 2.81. The van der Waals surface area contributed by atoms with Crippen LogP contribution in [-0.4, -0.2) is 18.8 Å². The SMILES string of the molecule is CC(C)(C1=CCCC=C1)c1cccc(N2c3cc(C(C)(C)c4ccccc4)ccc3B3c4cc(N5C6=C(C=CCC6)C6C=CCCC65)ccc4N(c4ccc(N5C6=C(C=CCC6)C6CCC=CC65)cc4)c4cc(C5CCCCC5)cc2c43)c1. The first-order chi connectivity index (χ1) is 40.7. The number of anilines is 8. The van der Waals surface area contributed by atoms with Gasteiger partial charge in [0.2, 0.25) is 0 Å². The van der Waals surface area contributed by atoms with Gasteiger partial charge in [0, 0.05) is 85.6 Å². The van der Waals surface area contributed by atoms with Gasteiger partial charge in [0.05, 0.1) is 6.04 Å². The molecule has 16 rings (SSSR count). The van der Waals surface area contributed by atoms with Crippen LogP contribution in [0.5, 0.6) is 0 Å². The van der Waals surface area contributed by atoms with Crippen molar-refractivity contribution in [1.29, 1.82) is 0 Å². The smallest absolute Gasteiger partial charge is 0.252 e. The molecule has 0 amide bonds. The number of hydrogen-bond acceptors (Lipinski definition) is 4. The Morgan fingerprint density at radius 1 is 0.458 bits per heavy atom. The van der Waals surface area contributed by atoms with Crippen molar-refractivity contribution in [2.24, 2.45) is 11.8 Å². The summed E-state index contributed by atoms with van der Waals surface area (Å²) < 4.78 is 0. The Labute approximate surface area is 494 Å². The molecule has 6 aromatic carbocycles. The second kappa shape index (κ2) is 20.1. The van der Waals surface area contributed by atoms with E-state index in [1.165, 1.54) is 158 Å². The highest BCUT2D eigenvalue weighted by molar-refractivity contribution is 7.00. The largest absolute Gasteiger partial charge is 0.341 e. The third-order valence-electron chi connectivity index (χ3n) is 21.7. The molecule has 5 heteroatoms. The standard InChI is InChI=1S/C78H79BN4/c1-77(2,54-25-10-6-11-26-54)56-29-22-30-60(49-56)83-73-50-57(78(3,4)55-27-12-7-13-28-55)39-45-66(73)79-67-51-61(82-70-37-20-16-33-64(70)65-34-17-21-38-71(65)82)44-46-72(67)81(74-47-53(48-75(83)76(74)79)52-23-8-5-9-24-52)59-42-40-58(41-43-59)80-68-35-18-14-31-62(68)63-32-15-19-36-69(63)80/h7,10,12-14,16-17,19,22,25-31,33-34,36,39-52,63-64,69-70H,5-6,8-9,11,15,18,20-21,23-24,32,35,37-38H2,1-4H3. The molecule has 1 fully saturated rings. The summed E-state index contributed by atoms with van der Waals surface area (Å²) in [4.78, 5) is 11.0. The van der Waals surface area contributed by atoms with Gasteiger partial charge in [0.15, 0.2) is 0 Å². The van der Waals surface area contributed by atoms with E-state index in [9.17, 15) is 0 Å². The van der Waals surface area contributed by atoms with E-state index >= 15 is 0 Å². The van der Waals surface area contributed by atoms with Gasteiger partial charge in [0.25, 0.3) is 6.71 Å². The molecule has 0 spiro atoms. The lowest BCUT2D eigenvalue weighted by atomic mass is 9.33. The van der Waals surface area contributed by atoms with Crippen LogP contribution in [0.2, 0.25) is 0 Å². The van der Waals surface area contributed by atoms with Crippen LogP contribution in [0.15, 0.2) is 222 Å². The van der Waals surface area contributed by atoms with Crippen LogP contribution in [0, 0.1) is 11.8 Å². The summed E-state index contributed by atoms with van der Waals surface area (Å²) in [7, 11) is 0. The number of nitrogens with zero attached hydrogens (tertiary/aromatic N) is 4. The highest BCUT2D eigenvalue weighted by atomic mass is 15.2. The summed E-state index contributed by atoms with van der Waals surface area (Å²) in [6.45, 7) is 9.71. The van der Waals surface area contributed by atoms with E-state index in [-0.39, 0.29) is 17.5 Å². The molecule has 414 valence electrons. The average Bonchev–Trinajstić information content (AvgIpc) is 3.28. The number of allylic oxidation sites excluding steroid dienone is 12. The van der Waals surface area contributed by atoms with Gasteiger partial charge in [-0.25, -0.2) is 0 Å². The highest BCUT2D eigenvalue weighted by Crippen LogP contribution is 2.53. The Morgan fingerprint density at radius 2 is 1.16 bits per heavy atom. The summed E-state index contributed by atoms with van der Waals surface area (Å²) >= 11 is 0. The minimum absolute atomic E-state index is 0.00291. The fourth-order valence-corrected chi connectivity index (χ4v) is 17.2. The van der Waals surface area contributed by atoms with Gasteiger partial charge < -0.3 is 19.6 Å². The zero-order chi connectivity index (χ0) is 55.6. The first-order valence-corrected chi connectivity index (χ1v) is 32.1. The topological polar surface area (TPSA) is 13.0 Å². The van der Waals surface area contributed by atoms with E-state index in [0.717, 1.165) is 44.9 Å². The number of fused-ring (bicyclic) bond motifs is 8. The predicted molar refractivity (Wildman–Crippen MR) is 351 cm³/mol. The van der Waals surface area contributed by atoms with Crippen molar-refractivity contribution in [2.45, 2.75) is 153 Å². The van der Waals surface area contributed by atoms with Gasteiger partial charge in [-0.15, -0.1) is 0 Å². The Morgan fingerprint density at radius 3 is 1.95 bits per heavy atom. The van der Waals surface area contributed by atoms with Crippen molar-refractivity contribution in [3.63, 3.8) is 0 Å². The first kappa shape index (κ1) is 51.2. The second-order valence-corrected chi connectivity index (χ2v) is 26.9. The van der Waals surface area contributed by atoms with Crippen molar-refractivity contribution in [1.82, 2.24) is 0 Å². The third kappa shape index (κ3) is 8.20. The van der Waals surface area contributed by atoms with Crippen LogP contribution < -0.4 is 36.0 Å². The molecule has 4 nitrogen and oxygen atoms in total. The van der Waals surface area contributed by atoms with Crippen LogP contribution in [0.3, 0.4) is 0 Å². The average molecular weight is 1080 g/mol. The van der Waals surface area contributed by atoms with Gasteiger partial charge in [-0.1, -0.05) is 168 Å². The van der Waals surface area contributed by atoms with Crippen LogP contribution in [0.1, 0.15) is 152 Å². The Bertz CT molecular complexity index is 3850. The zero-order valence-corrected chi connectivity index (χ0v) is 49.3. The van der Waals surface area contributed by atoms with Crippen molar-refractivity contribution in [3.8, 4) is 0 Å². The van der Waals surface area contributed by atoms with Crippen molar-refractivity contribution < 1.29 is 0 Å². The quantitative estimate of drug-likeness (QED) is 0.105. The molecule has 6 aliphatic carbocycles. The molecule has 4 heterocycles. The van der Waals surface area contributed by atoms with Crippen LogP contribution in [-0.2, 0) is 10.8 Å². The van der Waals surface area contributed by atoms with Crippen molar-refractivity contribution >= 4 is 68.6 Å². The monoisotopic (exact) mass is 1080 g/mol. The molecule has 0 saturated heterocycles. The molecular formula is C78H79BN4. The highest BCUT2D eigenvalue weighted by Gasteiger charge is 2.47. The molecule has 0 aromatic heterocycles. The molecule has 10 aliphatic rings. The number of rotatable bonds is 9. The second-order valence-electron chi connectivity index (χ2n) is 26.9. The summed E-state index contributed by atoms with van der Waals surface area (Å²) in [5.74, 6) is 1.49. The molecule has 4 atom stereocenters. The van der Waals surface area contributed by atoms with E-state index in [0.29, 0.717) is 29.8 Å². The van der Waals surface area contributed by atoms with Crippen molar-refractivity contribution in [2.75, 3.05) is 19.6 Å². The maximum Gasteiger partial charge on any atom is 0.252 e. The molecular weight excluding hydrogens is 1000 g/mol. The third-order valence-corrected chi connectivity index (χ3v) is 21.7. The van der Waals surface area contributed by atoms with Crippen LogP contribution >= 0.6 is 0 Å². The van der Waals surface area contributed by atoms with E-state index in [2.05, 4.69) is 242 Å². The predicted octanol–water partition coefficient (Wildman–Crippen LogP) is 18.2. The Kier molecular flexibility index (Phi) is 12.4. The Balaban J connectivity index is 0.941. The lowest BCUT2D eigenvalue weighted by Gasteiger charge is -2.46. The molecule has 83 heavy (non-hydrogen) atoms. The van der Waals surface area contributed by atoms with Gasteiger partial charge in [-0.05, 0) is 211 Å². The molecule has 0 radical (unpaired) electrons. The fourth-order valence-electron chi connectivity index (χ4n) is 17.2. The summed E-state index contributed by atoms with van der Waals surface area (Å²) in [6.07, 6.45) is 44.6. The molecule has 6 aromatic rings. The molecule has 4 unspecified atom stereocenters. The molecule has 0 N–H and O–H groups in total. The van der Waals surface area contributed by atoms with Gasteiger partial charge in [0.1, 0.15) is 0 Å². The van der Waals surface area contributed by atoms with E-state index < -0.39 is 0 Å². The van der Waals surface area contributed by atoms with E-state index in [4.69, 9.17) is 0 Å². The van der Waals surface area contributed by atoms with E-state index in [1.54, 1.807) is 5.57 Å².